The number of hydrogen-bond acceptors (Lipinski definition) is 19. The van der Waals surface area contributed by atoms with Crippen LogP contribution in [0.4, 0.5) is 0 Å². The van der Waals surface area contributed by atoms with Gasteiger partial charge in [0.05, 0.1) is 159 Å². The monoisotopic (exact) mass is 995 g/mol. The molecule has 0 heterocycles. The highest BCUT2D eigenvalue weighted by Gasteiger charge is 2.48. The molecule has 66 heavy (non-hydrogen) atoms. The summed E-state index contributed by atoms with van der Waals surface area (Å²) in [5.41, 5.74) is -0.0126. The summed E-state index contributed by atoms with van der Waals surface area (Å²) in [6, 6.07) is 0. The third-order valence-corrected chi connectivity index (χ3v) is 16.8. The van der Waals surface area contributed by atoms with Gasteiger partial charge >= 0.3 is 17.6 Å². The molecule has 0 fully saturated rings. The zero-order valence-corrected chi connectivity index (χ0v) is 44.5. The van der Waals surface area contributed by atoms with Gasteiger partial charge in [0.1, 0.15) is 5.78 Å². The van der Waals surface area contributed by atoms with Crippen molar-refractivity contribution in [2.75, 3.05) is 201 Å². The molecule has 0 aromatic rings. The highest BCUT2D eigenvalue weighted by atomic mass is 28.4. The lowest BCUT2D eigenvalue weighted by Gasteiger charge is -2.34. The van der Waals surface area contributed by atoms with Crippen LogP contribution in [0.5, 0.6) is 0 Å². The fourth-order valence-corrected chi connectivity index (χ4v) is 11.9. The van der Waals surface area contributed by atoms with Crippen LogP contribution in [0.3, 0.4) is 0 Å². The molecule has 0 aliphatic heterocycles. The molecule has 0 rings (SSSR count). The molecule has 0 aliphatic carbocycles. The summed E-state index contributed by atoms with van der Waals surface area (Å²) in [5, 5.41) is 0. The number of carbonyl (C=O) groups excluding carboxylic acids is 1. The van der Waals surface area contributed by atoms with E-state index in [0.717, 1.165) is 51.4 Å². The van der Waals surface area contributed by atoms with Crippen LogP contribution >= 0.6 is 0 Å². The van der Waals surface area contributed by atoms with Crippen LogP contribution in [0.2, 0.25) is 11.1 Å². The van der Waals surface area contributed by atoms with Crippen molar-refractivity contribution in [1.29, 1.82) is 0 Å². The van der Waals surface area contributed by atoms with E-state index in [1.165, 1.54) is 0 Å². The van der Waals surface area contributed by atoms with Gasteiger partial charge in [-0.15, -0.1) is 0 Å². The fourth-order valence-electron chi connectivity index (χ4n) is 6.40. The summed E-state index contributed by atoms with van der Waals surface area (Å²) < 4.78 is 104. The lowest BCUT2D eigenvalue weighted by atomic mass is 10.0. The standard InChI is InChI=1S/C45H94O19Si2/c1-43(65(59-37-31-53-25-19-47-3,60-38-32-54-26-20-48-4)61-39-33-55-27-21-49-5)15-11-9-13-17-45(46)18-14-10-12-16-44(2)66(62-40-34-56-28-22-50-6,63-41-35-57-29-23-51-7)64-42-36-58-30-24-52-8/h43-44H,9-42H2,1-8H3. The molecule has 21 heteroatoms. The fraction of sp³-hybridized carbons (Fsp3) is 0.978. The van der Waals surface area contributed by atoms with Crippen LogP contribution in [-0.2, 0) is 88.2 Å². The molecule has 0 saturated heterocycles. The van der Waals surface area contributed by atoms with Gasteiger partial charge in [-0.25, -0.2) is 0 Å². The highest BCUT2D eigenvalue weighted by Crippen LogP contribution is 2.32. The summed E-state index contributed by atoms with van der Waals surface area (Å²) in [4.78, 5) is 13.0. The van der Waals surface area contributed by atoms with Gasteiger partial charge in [0.25, 0.3) is 0 Å². The molecule has 2 atom stereocenters. The molecule has 0 aromatic heterocycles. The van der Waals surface area contributed by atoms with Crippen molar-refractivity contribution in [3.05, 3.63) is 0 Å². The molecule has 2 unspecified atom stereocenters. The summed E-state index contributed by atoms with van der Waals surface area (Å²) in [5.74, 6) is 0.291. The minimum atomic E-state index is -3.22. The molecule has 0 bridgehead atoms. The van der Waals surface area contributed by atoms with Crippen molar-refractivity contribution in [1.82, 2.24) is 0 Å². The van der Waals surface area contributed by atoms with E-state index in [0.29, 0.717) is 177 Å². The third kappa shape index (κ3) is 37.2. The zero-order chi connectivity index (χ0) is 48.5. The molecular formula is C45H94O19Si2. The second-order valence-electron chi connectivity index (χ2n) is 15.5. The van der Waals surface area contributed by atoms with Gasteiger partial charge in [-0.1, -0.05) is 39.5 Å². The SMILES string of the molecule is COCCOCCO[Si](OCCOCCOC)(OCCOCCOC)C(C)CCCCCC(=O)CCCCCC(C)[Si](OCCOCCOC)(OCCOCCOC)OCCOCCOC. The minimum Gasteiger partial charge on any atom is -0.382 e. The first-order valence-electron chi connectivity index (χ1n) is 24.1. The van der Waals surface area contributed by atoms with E-state index in [2.05, 4.69) is 13.8 Å². The van der Waals surface area contributed by atoms with Crippen molar-refractivity contribution in [3.63, 3.8) is 0 Å². The maximum Gasteiger partial charge on any atom is 0.504 e. The van der Waals surface area contributed by atoms with Crippen molar-refractivity contribution in [2.45, 2.75) is 89.1 Å². The topological polar surface area (TPSA) is 183 Å². The first kappa shape index (κ1) is 65.4. The summed E-state index contributed by atoms with van der Waals surface area (Å²) >= 11 is 0. The van der Waals surface area contributed by atoms with Gasteiger partial charge in [0, 0.05) is 66.6 Å². The molecule has 0 aliphatic rings. The van der Waals surface area contributed by atoms with Crippen LogP contribution in [0.15, 0.2) is 0 Å². The number of rotatable bonds is 56. The number of carbonyl (C=O) groups is 1. The van der Waals surface area contributed by atoms with Gasteiger partial charge in [-0.3, -0.25) is 4.79 Å². The van der Waals surface area contributed by atoms with Gasteiger partial charge in [-0.2, -0.15) is 0 Å². The average molecular weight is 995 g/mol. The molecule has 0 spiro atoms. The van der Waals surface area contributed by atoms with Gasteiger partial charge in [0.2, 0.25) is 0 Å². The Hall–Kier alpha value is -0.616. The molecule has 396 valence electrons. The van der Waals surface area contributed by atoms with Crippen LogP contribution in [0, 0.1) is 0 Å². The summed E-state index contributed by atoms with van der Waals surface area (Å²) in [6.45, 7) is 14.3. The number of ether oxygens (including phenoxy) is 12. The predicted molar refractivity (Wildman–Crippen MR) is 253 cm³/mol. The van der Waals surface area contributed by atoms with E-state index in [1.807, 2.05) is 0 Å². The lowest BCUT2D eigenvalue weighted by molar-refractivity contribution is -0.119. The molecule has 19 nitrogen and oxygen atoms in total. The third-order valence-electron chi connectivity index (χ3n) is 10.2. The van der Waals surface area contributed by atoms with E-state index >= 15 is 0 Å². The Bertz CT molecular complexity index is 855. The molecule has 0 N–H and O–H groups in total. The molecular weight excluding hydrogens is 901 g/mol. The Morgan fingerprint density at radius 1 is 0.303 bits per heavy atom. The Morgan fingerprint density at radius 3 is 0.727 bits per heavy atom. The average Bonchev–Trinajstić information content (AvgIpc) is 3.32. The number of unbranched alkanes of at least 4 members (excludes halogenated alkanes) is 4. The van der Waals surface area contributed by atoms with Crippen LogP contribution in [0.25, 0.3) is 0 Å². The number of methoxy groups -OCH3 is 6. The summed E-state index contributed by atoms with van der Waals surface area (Å²) in [6.07, 6.45) is 8.06. The highest BCUT2D eigenvalue weighted by molar-refractivity contribution is 6.62. The van der Waals surface area contributed by atoms with Gasteiger partial charge in [0.15, 0.2) is 0 Å². The van der Waals surface area contributed by atoms with E-state index in [1.54, 1.807) is 42.7 Å². The van der Waals surface area contributed by atoms with E-state index in [-0.39, 0.29) is 11.1 Å². The summed E-state index contributed by atoms with van der Waals surface area (Å²) in [7, 11) is 3.39. The van der Waals surface area contributed by atoms with Crippen LogP contribution < -0.4 is 0 Å². The maximum absolute atomic E-state index is 13.0. The Morgan fingerprint density at radius 2 is 0.515 bits per heavy atom. The minimum absolute atomic E-state index is 0.00629. The molecule has 0 aromatic carbocycles. The van der Waals surface area contributed by atoms with Crippen molar-refractivity contribution in [3.8, 4) is 0 Å². The van der Waals surface area contributed by atoms with Crippen LogP contribution in [0.1, 0.15) is 78.1 Å². The Kier molecular flexibility index (Phi) is 48.9. The number of hydrogen-bond donors (Lipinski definition) is 0. The van der Waals surface area contributed by atoms with Gasteiger partial charge in [-0.05, 0) is 25.7 Å². The van der Waals surface area contributed by atoms with Crippen molar-refractivity contribution in [2.24, 2.45) is 0 Å². The largest absolute Gasteiger partial charge is 0.504 e. The van der Waals surface area contributed by atoms with E-state index in [9.17, 15) is 4.79 Å². The molecule has 0 amide bonds. The first-order chi connectivity index (χ1) is 32.3. The smallest absolute Gasteiger partial charge is 0.382 e. The van der Waals surface area contributed by atoms with Crippen molar-refractivity contribution < 1.29 is 88.2 Å². The number of ketones is 1. The quantitative estimate of drug-likeness (QED) is 0.0573. The first-order valence-corrected chi connectivity index (χ1v) is 27.7. The lowest BCUT2D eigenvalue weighted by Crippen LogP contribution is -2.51. The Balaban J connectivity index is 5.26. The van der Waals surface area contributed by atoms with Gasteiger partial charge < -0.3 is 83.4 Å². The zero-order valence-electron chi connectivity index (χ0n) is 42.5. The molecule has 0 radical (unpaired) electrons. The Labute approximate surface area is 401 Å². The van der Waals surface area contributed by atoms with E-state index < -0.39 is 17.6 Å². The van der Waals surface area contributed by atoms with E-state index in [4.69, 9.17) is 83.4 Å². The number of Topliss-reactive ketones (excluding diaryl/α,β-unsaturated/α-hetero) is 1. The van der Waals surface area contributed by atoms with Crippen LogP contribution in [-0.4, -0.2) is 225 Å². The van der Waals surface area contributed by atoms with Crippen molar-refractivity contribution >= 4 is 23.4 Å². The second-order valence-corrected chi connectivity index (χ2v) is 21.6. The maximum atomic E-state index is 13.0. The second kappa shape index (κ2) is 49.4. The molecule has 0 saturated carbocycles. The predicted octanol–water partition coefficient (Wildman–Crippen LogP) is 5.19. The normalized spacial score (nSPS) is 13.2.